The summed E-state index contributed by atoms with van der Waals surface area (Å²) in [7, 11) is -2.94. The molecular formula is C11H19N3O3S. The Morgan fingerprint density at radius 3 is 2.39 bits per heavy atom. The Morgan fingerprint density at radius 1 is 1.22 bits per heavy atom. The summed E-state index contributed by atoms with van der Waals surface area (Å²) in [5.74, 6) is 0.617. The molecule has 0 fully saturated rings. The average Bonchev–Trinajstić information content (AvgIpc) is 2.20. The van der Waals surface area contributed by atoms with Crippen LogP contribution >= 0.6 is 0 Å². The van der Waals surface area contributed by atoms with Gasteiger partial charge in [0.05, 0.1) is 19.0 Å². The van der Waals surface area contributed by atoms with E-state index in [1.165, 1.54) is 6.26 Å². The Kier molecular flexibility index (Phi) is 5.49. The van der Waals surface area contributed by atoms with Crippen molar-refractivity contribution >= 4 is 15.8 Å². The lowest BCUT2D eigenvalue weighted by atomic mass is 10.4. The fourth-order valence-electron chi connectivity index (χ4n) is 1.35. The zero-order valence-electron chi connectivity index (χ0n) is 10.9. The number of aryl methyl sites for hydroxylation is 2. The monoisotopic (exact) mass is 273 g/mol. The van der Waals surface area contributed by atoms with Crippen LogP contribution in [0, 0.1) is 13.8 Å². The minimum absolute atomic E-state index is 0.0487. The highest BCUT2D eigenvalue weighted by Gasteiger charge is 2.01. The Balaban J connectivity index is 2.22. The van der Waals surface area contributed by atoms with E-state index in [9.17, 15) is 8.42 Å². The quantitative estimate of drug-likeness (QED) is 0.731. The highest BCUT2D eigenvalue weighted by molar-refractivity contribution is 7.90. The highest BCUT2D eigenvalue weighted by atomic mass is 32.2. The van der Waals surface area contributed by atoms with E-state index >= 15 is 0 Å². The fraction of sp³-hybridized carbons (Fsp3) is 0.636. The molecule has 0 saturated carbocycles. The maximum atomic E-state index is 10.8. The van der Waals surface area contributed by atoms with Crippen LogP contribution in [0.1, 0.15) is 11.4 Å². The molecule has 6 nitrogen and oxygen atoms in total. The smallest absolute Gasteiger partial charge is 0.223 e. The van der Waals surface area contributed by atoms with Crippen molar-refractivity contribution in [3.8, 4) is 0 Å². The molecule has 1 heterocycles. The molecule has 1 aromatic heterocycles. The van der Waals surface area contributed by atoms with Crippen molar-refractivity contribution in [2.75, 3.05) is 37.1 Å². The lowest BCUT2D eigenvalue weighted by Gasteiger charge is -2.07. The van der Waals surface area contributed by atoms with Crippen molar-refractivity contribution in [3.05, 3.63) is 17.5 Å². The molecule has 0 bridgehead atoms. The summed E-state index contributed by atoms with van der Waals surface area (Å²) in [5.41, 5.74) is 1.81. The van der Waals surface area contributed by atoms with Crippen LogP contribution in [0.4, 0.5) is 5.95 Å². The van der Waals surface area contributed by atoms with Gasteiger partial charge < -0.3 is 10.1 Å². The summed E-state index contributed by atoms with van der Waals surface area (Å²) < 4.78 is 26.9. The van der Waals surface area contributed by atoms with Crippen LogP contribution in [0.3, 0.4) is 0 Å². The number of aromatic nitrogens is 2. The molecule has 7 heteroatoms. The molecule has 0 radical (unpaired) electrons. The van der Waals surface area contributed by atoms with Gasteiger partial charge in [-0.15, -0.1) is 0 Å². The zero-order chi connectivity index (χ0) is 13.6. The van der Waals surface area contributed by atoms with Crippen molar-refractivity contribution in [1.29, 1.82) is 0 Å². The first-order valence-corrected chi connectivity index (χ1v) is 7.74. The summed E-state index contributed by atoms with van der Waals surface area (Å²) in [5, 5.41) is 3.03. The molecule has 18 heavy (non-hydrogen) atoms. The molecule has 1 rings (SSSR count). The number of sulfone groups is 1. The second kappa shape index (κ2) is 6.65. The Morgan fingerprint density at radius 2 is 1.83 bits per heavy atom. The van der Waals surface area contributed by atoms with Gasteiger partial charge >= 0.3 is 0 Å². The van der Waals surface area contributed by atoms with Crippen molar-refractivity contribution < 1.29 is 13.2 Å². The van der Waals surface area contributed by atoms with Crippen LogP contribution < -0.4 is 5.32 Å². The molecule has 0 atom stereocenters. The second-order valence-electron chi connectivity index (χ2n) is 4.14. The van der Waals surface area contributed by atoms with Crippen LogP contribution in [0.2, 0.25) is 0 Å². The van der Waals surface area contributed by atoms with Crippen molar-refractivity contribution in [2.45, 2.75) is 13.8 Å². The first-order chi connectivity index (χ1) is 8.37. The summed E-state index contributed by atoms with van der Waals surface area (Å²) in [4.78, 5) is 8.43. The van der Waals surface area contributed by atoms with E-state index in [0.29, 0.717) is 19.1 Å². The maximum absolute atomic E-state index is 10.8. The number of hydrogen-bond acceptors (Lipinski definition) is 6. The third kappa shape index (κ3) is 6.51. The van der Waals surface area contributed by atoms with Gasteiger partial charge in [0.25, 0.3) is 0 Å². The number of nitrogens with one attached hydrogen (secondary N) is 1. The van der Waals surface area contributed by atoms with Crippen molar-refractivity contribution in [3.63, 3.8) is 0 Å². The van der Waals surface area contributed by atoms with Gasteiger partial charge in [-0.25, -0.2) is 18.4 Å². The van der Waals surface area contributed by atoms with Gasteiger partial charge in [0.1, 0.15) is 9.84 Å². The van der Waals surface area contributed by atoms with E-state index in [4.69, 9.17) is 4.74 Å². The Labute approximate surface area is 108 Å². The summed E-state index contributed by atoms with van der Waals surface area (Å²) in [6, 6.07) is 1.90. The molecule has 1 aromatic rings. The third-order valence-electron chi connectivity index (χ3n) is 2.11. The highest BCUT2D eigenvalue weighted by Crippen LogP contribution is 2.02. The van der Waals surface area contributed by atoms with E-state index in [1.54, 1.807) is 0 Å². The maximum Gasteiger partial charge on any atom is 0.223 e. The summed E-state index contributed by atoms with van der Waals surface area (Å²) in [6.45, 7) is 5.00. The van der Waals surface area contributed by atoms with E-state index in [0.717, 1.165) is 11.4 Å². The Hall–Kier alpha value is -1.21. The molecule has 0 spiro atoms. The SMILES string of the molecule is Cc1cc(C)nc(NCCOCCS(C)(=O)=O)n1. The zero-order valence-corrected chi connectivity index (χ0v) is 11.7. The van der Waals surface area contributed by atoms with Crippen LogP contribution in [0.5, 0.6) is 0 Å². The van der Waals surface area contributed by atoms with E-state index < -0.39 is 9.84 Å². The molecule has 0 aromatic carbocycles. The third-order valence-corrected chi connectivity index (χ3v) is 3.02. The number of rotatable bonds is 7. The van der Waals surface area contributed by atoms with Crippen LogP contribution in [-0.2, 0) is 14.6 Å². The summed E-state index contributed by atoms with van der Waals surface area (Å²) in [6.07, 6.45) is 1.19. The molecule has 102 valence electrons. The lowest BCUT2D eigenvalue weighted by Crippen LogP contribution is -2.16. The topological polar surface area (TPSA) is 81.2 Å². The fourth-order valence-corrected chi connectivity index (χ4v) is 1.77. The number of ether oxygens (including phenoxy) is 1. The lowest BCUT2D eigenvalue weighted by molar-refractivity contribution is 0.159. The largest absolute Gasteiger partial charge is 0.379 e. The number of hydrogen-bond donors (Lipinski definition) is 1. The van der Waals surface area contributed by atoms with Gasteiger partial charge in [0.15, 0.2) is 0 Å². The molecule has 0 aliphatic rings. The van der Waals surface area contributed by atoms with E-state index in [-0.39, 0.29) is 12.4 Å². The predicted molar refractivity (Wildman–Crippen MR) is 70.5 cm³/mol. The van der Waals surface area contributed by atoms with Crippen molar-refractivity contribution in [1.82, 2.24) is 9.97 Å². The number of nitrogens with zero attached hydrogens (tertiary/aromatic N) is 2. The second-order valence-corrected chi connectivity index (χ2v) is 6.40. The summed E-state index contributed by atoms with van der Waals surface area (Å²) >= 11 is 0. The van der Waals surface area contributed by atoms with E-state index in [1.807, 2.05) is 19.9 Å². The van der Waals surface area contributed by atoms with Gasteiger partial charge in [0, 0.05) is 24.2 Å². The van der Waals surface area contributed by atoms with Crippen molar-refractivity contribution in [2.24, 2.45) is 0 Å². The van der Waals surface area contributed by atoms with Crippen LogP contribution in [0.15, 0.2) is 6.07 Å². The van der Waals surface area contributed by atoms with Gasteiger partial charge in [-0.05, 0) is 19.9 Å². The Bertz CT molecular complexity index is 468. The van der Waals surface area contributed by atoms with Gasteiger partial charge in [-0.3, -0.25) is 0 Å². The minimum Gasteiger partial charge on any atom is -0.379 e. The van der Waals surface area contributed by atoms with Gasteiger partial charge in [0.2, 0.25) is 5.95 Å². The first kappa shape index (κ1) is 14.8. The van der Waals surface area contributed by atoms with Crippen LogP contribution in [-0.4, -0.2) is 50.2 Å². The molecule has 0 unspecified atom stereocenters. The molecular weight excluding hydrogens is 254 g/mol. The molecule has 0 saturated heterocycles. The average molecular weight is 273 g/mol. The standard InChI is InChI=1S/C11H19N3O3S/c1-9-8-10(2)14-11(13-9)12-4-5-17-6-7-18(3,15)16/h8H,4-7H2,1-3H3,(H,12,13,14). The van der Waals surface area contributed by atoms with Gasteiger partial charge in [-0.2, -0.15) is 0 Å². The predicted octanol–water partition coefficient (Wildman–Crippen LogP) is 0.567. The van der Waals surface area contributed by atoms with Gasteiger partial charge in [-0.1, -0.05) is 0 Å². The first-order valence-electron chi connectivity index (χ1n) is 5.68. The molecule has 0 amide bonds. The van der Waals surface area contributed by atoms with Crippen LogP contribution in [0.25, 0.3) is 0 Å². The number of anilines is 1. The van der Waals surface area contributed by atoms with E-state index in [2.05, 4.69) is 15.3 Å². The minimum atomic E-state index is -2.94. The molecule has 0 aliphatic carbocycles. The normalized spacial score (nSPS) is 11.5. The molecule has 0 aliphatic heterocycles. The molecule has 1 N–H and O–H groups in total.